The van der Waals surface area contributed by atoms with Crippen LogP contribution < -0.4 is 10.6 Å². The van der Waals surface area contributed by atoms with Gasteiger partial charge in [-0.2, -0.15) is 5.26 Å². The number of ether oxygens (including phenoxy) is 1. The van der Waals surface area contributed by atoms with Gasteiger partial charge in [0.15, 0.2) is 0 Å². The zero-order valence-electron chi connectivity index (χ0n) is 9.86. The first-order valence-electron chi connectivity index (χ1n) is 5.72. The highest BCUT2D eigenvalue weighted by atomic mass is 16.5. The summed E-state index contributed by atoms with van der Waals surface area (Å²) < 4.78 is 5.36. The summed E-state index contributed by atoms with van der Waals surface area (Å²) in [6, 6.07) is 5.96. The Bertz CT molecular complexity index is 421. The molecule has 5 heteroatoms. The third-order valence-corrected chi connectivity index (χ3v) is 2.61. The molecule has 0 saturated carbocycles. The van der Waals surface area contributed by atoms with E-state index in [0.717, 1.165) is 31.2 Å². The molecule has 1 aliphatic rings. The zero-order chi connectivity index (χ0) is 12.1. The molecular weight excluding hydrogens is 216 g/mol. The molecule has 0 spiro atoms. The molecule has 2 rings (SSSR count). The first kappa shape index (κ1) is 11.8. The van der Waals surface area contributed by atoms with Crippen molar-refractivity contribution in [1.82, 2.24) is 10.3 Å². The molecule has 0 amide bonds. The smallest absolute Gasteiger partial charge is 0.127 e. The molecule has 1 aliphatic heterocycles. The first-order chi connectivity index (χ1) is 8.28. The van der Waals surface area contributed by atoms with Crippen LogP contribution in [0.25, 0.3) is 0 Å². The summed E-state index contributed by atoms with van der Waals surface area (Å²) in [5, 5.41) is 15.4. The minimum absolute atomic E-state index is 0.302. The highest BCUT2D eigenvalue weighted by molar-refractivity contribution is 5.44. The van der Waals surface area contributed by atoms with E-state index in [4.69, 9.17) is 10.00 Å². The van der Waals surface area contributed by atoms with Gasteiger partial charge in [-0.15, -0.1) is 0 Å². The molecule has 1 unspecified atom stereocenters. The van der Waals surface area contributed by atoms with E-state index in [1.807, 2.05) is 6.92 Å². The normalized spacial score (nSPS) is 19.6. The maximum absolute atomic E-state index is 8.87. The van der Waals surface area contributed by atoms with Crippen molar-refractivity contribution in [2.45, 2.75) is 13.0 Å². The highest BCUT2D eigenvalue weighted by Crippen LogP contribution is 2.09. The molecular formula is C12H16N4O. The number of morpholine rings is 1. The zero-order valence-corrected chi connectivity index (χ0v) is 9.86. The first-order valence-corrected chi connectivity index (χ1v) is 5.72. The predicted molar refractivity (Wildman–Crippen MR) is 64.8 cm³/mol. The van der Waals surface area contributed by atoms with Crippen molar-refractivity contribution in [2.24, 2.45) is 0 Å². The van der Waals surface area contributed by atoms with Gasteiger partial charge in [-0.1, -0.05) is 0 Å². The minimum Gasteiger partial charge on any atom is -0.378 e. The van der Waals surface area contributed by atoms with E-state index >= 15 is 0 Å². The Hall–Kier alpha value is -1.64. The molecule has 2 heterocycles. The van der Waals surface area contributed by atoms with Crippen LogP contribution in [-0.2, 0) is 4.74 Å². The van der Waals surface area contributed by atoms with Gasteiger partial charge in [0.25, 0.3) is 0 Å². The number of anilines is 1. The largest absolute Gasteiger partial charge is 0.378 e. The van der Waals surface area contributed by atoms with Crippen LogP contribution in [0.2, 0.25) is 0 Å². The molecule has 17 heavy (non-hydrogen) atoms. The summed E-state index contributed by atoms with van der Waals surface area (Å²) in [4.78, 5) is 4.34. The average molecular weight is 232 g/mol. The standard InChI is InChI=1S/C12H16N4O/c1-9-4-10(6-13)5-12(16-9)15-7-11-8-17-3-2-14-11/h4-5,11,14H,2-3,7-8H2,1H3,(H,15,16). The lowest BCUT2D eigenvalue weighted by molar-refractivity contribution is 0.0806. The Balaban J connectivity index is 1.94. The van der Waals surface area contributed by atoms with E-state index in [2.05, 4.69) is 21.7 Å². The summed E-state index contributed by atoms with van der Waals surface area (Å²) in [6.07, 6.45) is 0. The fourth-order valence-corrected chi connectivity index (χ4v) is 1.80. The summed E-state index contributed by atoms with van der Waals surface area (Å²) >= 11 is 0. The van der Waals surface area contributed by atoms with Crippen LogP contribution in [0.3, 0.4) is 0 Å². The number of aryl methyl sites for hydroxylation is 1. The number of rotatable bonds is 3. The maximum Gasteiger partial charge on any atom is 0.127 e. The van der Waals surface area contributed by atoms with Crippen LogP contribution >= 0.6 is 0 Å². The monoisotopic (exact) mass is 232 g/mol. The number of pyridine rings is 1. The quantitative estimate of drug-likeness (QED) is 0.801. The molecule has 1 atom stereocenters. The second kappa shape index (κ2) is 5.62. The van der Waals surface area contributed by atoms with Crippen molar-refractivity contribution < 1.29 is 4.74 Å². The topological polar surface area (TPSA) is 70.0 Å². The van der Waals surface area contributed by atoms with Gasteiger partial charge in [-0.05, 0) is 19.1 Å². The van der Waals surface area contributed by atoms with E-state index in [1.54, 1.807) is 12.1 Å². The molecule has 1 saturated heterocycles. The highest BCUT2D eigenvalue weighted by Gasteiger charge is 2.12. The average Bonchev–Trinajstić information content (AvgIpc) is 2.37. The Morgan fingerprint density at radius 3 is 3.24 bits per heavy atom. The van der Waals surface area contributed by atoms with E-state index in [1.165, 1.54) is 0 Å². The van der Waals surface area contributed by atoms with E-state index in [9.17, 15) is 0 Å². The molecule has 2 N–H and O–H groups in total. The van der Waals surface area contributed by atoms with Crippen LogP contribution in [-0.4, -0.2) is 37.3 Å². The minimum atomic E-state index is 0.302. The lowest BCUT2D eigenvalue weighted by Gasteiger charge is -2.24. The second-order valence-corrected chi connectivity index (χ2v) is 4.10. The van der Waals surface area contributed by atoms with E-state index < -0.39 is 0 Å². The molecule has 1 aromatic heterocycles. The summed E-state index contributed by atoms with van der Waals surface area (Å²) in [5.41, 5.74) is 1.48. The number of hydrogen-bond donors (Lipinski definition) is 2. The Morgan fingerprint density at radius 1 is 1.65 bits per heavy atom. The van der Waals surface area contributed by atoms with E-state index in [0.29, 0.717) is 18.2 Å². The maximum atomic E-state index is 8.87. The third-order valence-electron chi connectivity index (χ3n) is 2.61. The van der Waals surface area contributed by atoms with Crippen LogP contribution in [0, 0.1) is 18.3 Å². The molecule has 90 valence electrons. The van der Waals surface area contributed by atoms with Gasteiger partial charge in [-0.25, -0.2) is 4.98 Å². The van der Waals surface area contributed by atoms with E-state index in [-0.39, 0.29) is 0 Å². The Labute approximate surface area is 101 Å². The third kappa shape index (κ3) is 3.41. The summed E-state index contributed by atoms with van der Waals surface area (Å²) in [7, 11) is 0. The lowest BCUT2D eigenvalue weighted by atomic mass is 10.2. The summed E-state index contributed by atoms with van der Waals surface area (Å²) in [6.45, 7) is 5.01. The van der Waals surface area contributed by atoms with Crippen molar-refractivity contribution in [3.05, 3.63) is 23.4 Å². The Morgan fingerprint density at radius 2 is 2.53 bits per heavy atom. The molecule has 1 aromatic rings. The van der Waals surface area contributed by atoms with Gasteiger partial charge in [0, 0.05) is 24.8 Å². The number of nitriles is 1. The van der Waals surface area contributed by atoms with Crippen LogP contribution in [0.1, 0.15) is 11.3 Å². The van der Waals surface area contributed by atoms with Crippen molar-refractivity contribution in [1.29, 1.82) is 5.26 Å². The number of aromatic nitrogens is 1. The molecule has 5 nitrogen and oxygen atoms in total. The fraction of sp³-hybridized carbons (Fsp3) is 0.500. The van der Waals surface area contributed by atoms with Crippen LogP contribution in [0.5, 0.6) is 0 Å². The van der Waals surface area contributed by atoms with Gasteiger partial charge < -0.3 is 15.4 Å². The van der Waals surface area contributed by atoms with Gasteiger partial charge >= 0.3 is 0 Å². The van der Waals surface area contributed by atoms with Crippen LogP contribution in [0.15, 0.2) is 12.1 Å². The number of hydrogen-bond acceptors (Lipinski definition) is 5. The fourth-order valence-electron chi connectivity index (χ4n) is 1.80. The van der Waals surface area contributed by atoms with Crippen molar-refractivity contribution in [3.8, 4) is 6.07 Å². The van der Waals surface area contributed by atoms with Crippen LogP contribution in [0.4, 0.5) is 5.82 Å². The molecule has 0 aliphatic carbocycles. The van der Waals surface area contributed by atoms with Crippen molar-refractivity contribution in [3.63, 3.8) is 0 Å². The second-order valence-electron chi connectivity index (χ2n) is 4.10. The molecule has 1 fully saturated rings. The van der Waals surface area contributed by atoms with Gasteiger partial charge in [0.2, 0.25) is 0 Å². The number of nitrogens with zero attached hydrogens (tertiary/aromatic N) is 2. The SMILES string of the molecule is Cc1cc(C#N)cc(NCC2COCCN2)n1. The number of nitrogens with one attached hydrogen (secondary N) is 2. The summed E-state index contributed by atoms with van der Waals surface area (Å²) in [5.74, 6) is 0.744. The van der Waals surface area contributed by atoms with Crippen molar-refractivity contribution >= 4 is 5.82 Å². The molecule has 0 bridgehead atoms. The Kier molecular flexibility index (Phi) is 3.91. The van der Waals surface area contributed by atoms with Gasteiger partial charge in [-0.3, -0.25) is 0 Å². The molecule has 0 radical (unpaired) electrons. The predicted octanol–water partition coefficient (Wildman–Crippen LogP) is 0.662. The molecule has 0 aromatic carbocycles. The van der Waals surface area contributed by atoms with Crippen molar-refractivity contribution in [2.75, 3.05) is 31.6 Å². The lowest BCUT2D eigenvalue weighted by Crippen LogP contribution is -2.45. The van der Waals surface area contributed by atoms with Gasteiger partial charge in [0.1, 0.15) is 5.82 Å². The van der Waals surface area contributed by atoms with Gasteiger partial charge in [0.05, 0.1) is 24.8 Å².